The molecule has 0 aliphatic rings. The van der Waals surface area contributed by atoms with Crippen molar-refractivity contribution in [2.45, 2.75) is 79.1 Å². The Kier molecular flexibility index (Phi) is 6.73. The van der Waals surface area contributed by atoms with Crippen LogP contribution in [0.1, 0.15) is 62.3 Å². The molecule has 0 saturated heterocycles. The number of benzene rings is 1. The predicted octanol–water partition coefficient (Wildman–Crippen LogP) is 4.99. The van der Waals surface area contributed by atoms with Crippen molar-refractivity contribution in [1.82, 2.24) is 0 Å². The molecule has 0 spiro atoms. The Morgan fingerprint density at radius 2 is 1.04 bits per heavy atom. The maximum Gasteiger partial charge on any atom is 0.632 e. The molecule has 0 radical (unpaired) electrons. The second-order valence-electron chi connectivity index (χ2n) is 9.05. The molecule has 1 N–H and O–H groups in total. The number of nitrogens with one attached hydrogen (secondary N) is 1. The maximum atomic E-state index is 6.39. The first kappa shape index (κ1) is 22.0. The van der Waals surface area contributed by atoms with E-state index in [2.05, 4.69) is 4.98 Å². The molecule has 5 nitrogen and oxygen atoms in total. The Balaban J connectivity index is 3.28. The number of anilines is 1. The van der Waals surface area contributed by atoms with Crippen LogP contribution in [0.25, 0.3) is 0 Å². The lowest BCUT2D eigenvalue weighted by atomic mass is 10.2. The first-order valence-electron chi connectivity index (χ1n) is 8.66. The lowest BCUT2D eigenvalue weighted by Gasteiger charge is -2.42. The van der Waals surface area contributed by atoms with Crippen molar-refractivity contribution in [3.05, 3.63) is 24.3 Å². The quantitative estimate of drug-likeness (QED) is 0.716. The zero-order valence-corrected chi connectivity index (χ0v) is 18.4. The molecule has 0 unspecified atom stereocenters. The lowest BCUT2D eigenvalue weighted by Crippen LogP contribution is -2.62. The number of hydrogen-bond donors (Lipinski definition) is 1. The van der Waals surface area contributed by atoms with Crippen LogP contribution in [-0.2, 0) is 13.3 Å². The van der Waals surface area contributed by atoms with Crippen LogP contribution in [0.4, 0.5) is 5.69 Å². The van der Waals surface area contributed by atoms with Gasteiger partial charge in [-0.25, -0.2) is 0 Å². The van der Waals surface area contributed by atoms with E-state index >= 15 is 0 Å². The van der Waals surface area contributed by atoms with Gasteiger partial charge in [0.05, 0.1) is 23.9 Å². The molecule has 0 bridgehead atoms. The summed E-state index contributed by atoms with van der Waals surface area (Å²) in [4.78, 5) is 3.43. The smallest absolute Gasteiger partial charge is 0.497 e. The van der Waals surface area contributed by atoms with Gasteiger partial charge in [0, 0.05) is 5.69 Å². The van der Waals surface area contributed by atoms with E-state index in [1.165, 1.54) is 0 Å². The van der Waals surface area contributed by atoms with Gasteiger partial charge in [0.1, 0.15) is 5.75 Å². The van der Waals surface area contributed by atoms with Crippen LogP contribution in [0.5, 0.6) is 5.75 Å². The summed E-state index contributed by atoms with van der Waals surface area (Å²) in [6.45, 7) is 18.0. The topological polar surface area (TPSA) is 49.0 Å². The average Bonchev–Trinajstić information content (AvgIpc) is 2.32. The van der Waals surface area contributed by atoms with Crippen molar-refractivity contribution in [3.8, 4) is 5.75 Å². The van der Waals surface area contributed by atoms with Crippen molar-refractivity contribution in [1.29, 1.82) is 0 Å². The molecule has 0 aromatic heterocycles. The van der Waals surface area contributed by atoms with Crippen molar-refractivity contribution < 1.29 is 18.0 Å². The summed E-state index contributed by atoms with van der Waals surface area (Å²) in [6.07, 6.45) is 0. The van der Waals surface area contributed by atoms with Gasteiger partial charge in [-0.3, -0.25) is 0 Å². The summed E-state index contributed by atoms with van der Waals surface area (Å²) in [5, 5.41) is 0. The third-order valence-electron chi connectivity index (χ3n) is 2.71. The molecule has 1 aromatic carbocycles. The molecular weight excluding hydrogens is 334 g/mol. The molecule has 0 saturated carbocycles. The normalized spacial score (nSPS) is 13.7. The molecule has 0 aliphatic carbocycles. The Labute approximate surface area is 154 Å². The van der Waals surface area contributed by atoms with E-state index in [0.717, 1.165) is 11.4 Å². The Hall–Kier alpha value is -1.08. The molecule has 6 heteroatoms. The highest BCUT2D eigenvalue weighted by Gasteiger charge is 2.52. The van der Waals surface area contributed by atoms with Crippen molar-refractivity contribution in [3.63, 3.8) is 0 Å². The van der Waals surface area contributed by atoms with Crippen LogP contribution in [0.3, 0.4) is 0 Å². The molecule has 25 heavy (non-hydrogen) atoms. The highest BCUT2D eigenvalue weighted by atomic mass is 28.4. The Morgan fingerprint density at radius 3 is 1.32 bits per heavy atom. The second kappa shape index (κ2) is 7.66. The van der Waals surface area contributed by atoms with Crippen LogP contribution in [-0.4, -0.2) is 32.9 Å². The van der Waals surface area contributed by atoms with Crippen LogP contribution < -0.4 is 9.72 Å². The van der Waals surface area contributed by atoms with Crippen LogP contribution >= 0.6 is 0 Å². The zero-order valence-electron chi connectivity index (χ0n) is 17.4. The van der Waals surface area contributed by atoms with Crippen LogP contribution in [0, 0.1) is 0 Å². The minimum atomic E-state index is -3.26. The number of hydrogen-bond acceptors (Lipinski definition) is 5. The van der Waals surface area contributed by atoms with E-state index in [1.54, 1.807) is 7.11 Å². The lowest BCUT2D eigenvalue weighted by molar-refractivity contribution is -0.0706. The Bertz CT molecular complexity index is 498. The molecule has 0 aliphatic heterocycles. The predicted molar refractivity (Wildman–Crippen MR) is 105 cm³/mol. The van der Waals surface area contributed by atoms with E-state index in [0.29, 0.717) is 0 Å². The van der Waals surface area contributed by atoms with Gasteiger partial charge in [0.2, 0.25) is 0 Å². The fourth-order valence-electron chi connectivity index (χ4n) is 2.20. The number of methoxy groups -OCH3 is 1. The molecule has 0 atom stereocenters. The first-order chi connectivity index (χ1) is 11.1. The maximum absolute atomic E-state index is 6.39. The second-order valence-corrected chi connectivity index (χ2v) is 11.0. The fourth-order valence-corrected chi connectivity index (χ4v) is 5.42. The average molecular weight is 370 g/mol. The van der Waals surface area contributed by atoms with Gasteiger partial charge in [-0.15, -0.1) is 0 Å². The van der Waals surface area contributed by atoms with Crippen LogP contribution in [0.2, 0.25) is 0 Å². The van der Waals surface area contributed by atoms with Gasteiger partial charge in [-0.2, -0.15) is 0 Å². The first-order valence-corrected chi connectivity index (χ1v) is 10.4. The van der Waals surface area contributed by atoms with Crippen molar-refractivity contribution >= 4 is 14.7 Å². The number of ether oxygens (including phenoxy) is 1. The van der Waals surface area contributed by atoms with E-state index in [4.69, 9.17) is 18.0 Å². The Morgan fingerprint density at radius 1 is 0.680 bits per heavy atom. The third-order valence-corrected chi connectivity index (χ3v) is 5.95. The largest absolute Gasteiger partial charge is 0.632 e. The highest BCUT2D eigenvalue weighted by Crippen LogP contribution is 2.30. The van der Waals surface area contributed by atoms with Gasteiger partial charge < -0.3 is 23.0 Å². The summed E-state index contributed by atoms with van der Waals surface area (Å²) in [7, 11) is -1.61. The van der Waals surface area contributed by atoms with E-state index in [-0.39, 0.29) is 0 Å². The standard InChI is InChI=1S/C19H35NO4Si/c1-17(2,3)22-25(23-18(4,5)6,24-19(7,8)9)20-15-11-13-16(21-10)14-12-15/h11-14,20H,1-10H3. The van der Waals surface area contributed by atoms with Crippen molar-refractivity contribution in [2.24, 2.45) is 0 Å². The fraction of sp³-hybridized carbons (Fsp3) is 0.684. The summed E-state index contributed by atoms with van der Waals surface area (Å²) in [5.74, 6) is 0.794. The monoisotopic (exact) mass is 369 g/mol. The minimum Gasteiger partial charge on any atom is -0.497 e. The molecule has 0 heterocycles. The van der Waals surface area contributed by atoms with E-state index < -0.39 is 25.8 Å². The molecule has 1 aromatic rings. The van der Waals surface area contributed by atoms with Gasteiger partial charge in [-0.1, -0.05) is 0 Å². The molecule has 144 valence electrons. The summed E-state index contributed by atoms with van der Waals surface area (Å²) in [6, 6.07) is 7.66. The zero-order chi connectivity index (χ0) is 19.5. The summed E-state index contributed by atoms with van der Waals surface area (Å²) < 4.78 is 24.4. The third kappa shape index (κ3) is 8.72. The van der Waals surface area contributed by atoms with E-state index in [9.17, 15) is 0 Å². The molecular formula is C19H35NO4Si. The van der Waals surface area contributed by atoms with Gasteiger partial charge in [0.15, 0.2) is 0 Å². The minimum absolute atomic E-state index is 0.428. The summed E-state index contributed by atoms with van der Waals surface area (Å²) >= 11 is 0. The van der Waals surface area contributed by atoms with Gasteiger partial charge in [0.25, 0.3) is 0 Å². The molecule has 1 rings (SSSR count). The number of rotatable bonds is 6. The SMILES string of the molecule is COc1ccc(N[Si](OC(C)(C)C)(OC(C)(C)C)OC(C)(C)C)cc1. The summed E-state index contributed by atoms with van der Waals surface area (Å²) in [5.41, 5.74) is -0.419. The highest BCUT2D eigenvalue weighted by molar-refractivity contribution is 6.64. The van der Waals surface area contributed by atoms with Crippen LogP contribution in [0.15, 0.2) is 24.3 Å². The van der Waals surface area contributed by atoms with E-state index in [1.807, 2.05) is 86.6 Å². The molecule has 0 fully saturated rings. The molecule has 0 amide bonds. The van der Waals surface area contributed by atoms with Gasteiger partial charge in [-0.05, 0) is 86.6 Å². The van der Waals surface area contributed by atoms with Gasteiger partial charge >= 0.3 is 8.97 Å². The van der Waals surface area contributed by atoms with Crippen molar-refractivity contribution in [2.75, 3.05) is 12.1 Å².